The normalized spacial score (nSPS) is 13.2. The van der Waals surface area contributed by atoms with Crippen LogP contribution in [0.5, 0.6) is 0 Å². The predicted molar refractivity (Wildman–Crippen MR) is 258 cm³/mol. The molecule has 3 rings (SSSR count). The molecule has 2 aromatic carbocycles. The van der Waals surface area contributed by atoms with Crippen molar-refractivity contribution in [3.8, 4) is 0 Å². The fourth-order valence-electron chi connectivity index (χ4n) is 9.31. The van der Waals surface area contributed by atoms with E-state index in [0.29, 0.717) is 0 Å². The Bertz CT molecular complexity index is 1300. The number of rotatable bonds is 36. The van der Waals surface area contributed by atoms with Crippen molar-refractivity contribution in [1.29, 1.82) is 0 Å². The minimum absolute atomic E-state index is 1.03. The second-order valence-corrected chi connectivity index (χ2v) is 18.3. The molecule has 1 aliphatic rings. The SMILES string of the molecule is CCCCCCCCc1cc(CCCCCCCC)cc(C2=C(CCCC)C(CCCC)=C(c3cc(CCCCCCCC)cc(CCCCCCCC)c3)[N+]2=[N-])c1. The van der Waals surface area contributed by atoms with Crippen LogP contribution in [0.2, 0.25) is 0 Å². The highest BCUT2D eigenvalue weighted by atomic mass is 15.2. The summed E-state index contributed by atoms with van der Waals surface area (Å²) in [4.78, 5) is 0. The summed E-state index contributed by atoms with van der Waals surface area (Å²) in [5.74, 6) is 0. The summed E-state index contributed by atoms with van der Waals surface area (Å²) in [6.07, 6.45) is 43.0. The lowest BCUT2D eigenvalue weighted by atomic mass is 9.90. The van der Waals surface area contributed by atoms with Gasteiger partial charge in [-0.05, 0) is 124 Å². The maximum absolute atomic E-state index is 12.8. The van der Waals surface area contributed by atoms with Crippen LogP contribution < -0.4 is 0 Å². The van der Waals surface area contributed by atoms with E-state index in [9.17, 15) is 5.53 Å². The zero-order chi connectivity index (χ0) is 41.6. The minimum Gasteiger partial charge on any atom is -0.493 e. The lowest BCUT2D eigenvalue weighted by Gasteiger charge is -2.15. The third-order valence-electron chi connectivity index (χ3n) is 12.8. The van der Waals surface area contributed by atoms with Crippen molar-refractivity contribution in [3.63, 3.8) is 0 Å². The van der Waals surface area contributed by atoms with Crippen molar-refractivity contribution < 1.29 is 4.70 Å². The van der Waals surface area contributed by atoms with Gasteiger partial charge in [-0.15, -0.1) is 0 Å². The molecule has 2 nitrogen and oxygen atoms in total. The smallest absolute Gasteiger partial charge is 0.211 e. The standard InChI is InChI=1S/C56H92N2/c1-7-13-19-23-27-31-35-47-41-48(36-32-28-24-20-14-8-2)44-51(43-47)55-53(39-17-11-5)54(40-18-12-6)56(58(55)57)52-45-49(37-33-29-25-21-15-9-3)42-50(46-52)38-34-30-26-22-16-10-4/h41-46H,7-40H2,1-6H3. The van der Waals surface area contributed by atoms with E-state index in [1.54, 1.807) is 4.70 Å². The number of hydrogen-bond donors (Lipinski definition) is 0. The van der Waals surface area contributed by atoms with E-state index in [-0.39, 0.29) is 0 Å². The molecule has 0 bridgehead atoms. The van der Waals surface area contributed by atoms with Crippen molar-refractivity contribution in [2.24, 2.45) is 0 Å². The van der Waals surface area contributed by atoms with E-state index >= 15 is 0 Å². The Morgan fingerprint density at radius 3 is 0.793 bits per heavy atom. The van der Waals surface area contributed by atoms with Crippen molar-refractivity contribution in [3.05, 3.63) is 86.5 Å². The summed E-state index contributed by atoms with van der Waals surface area (Å²) in [7, 11) is 0. The molecule has 0 atom stereocenters. The lowest BCUT2D eigenvalue weighted by molar-refractivity contribution is -0.345. The highest BCUT2D eigenvalue weighted by Gasteiger charge is 2.35. The first-order chi connectivity index (χ1) is 28.5. The van der Waals surface area contributed by atoms with Gasteiger partial charge < -0.3 is 5.53 Å². The van der Waals surface area contributed by atoms with Gasteiger partial charge in [0.15, 0.2) is 0 Å². The topological polar surface area (TPSA) is 25.3 Å². The summed E-state index contributed by atoms with van der Waals surface area (Å²) in [5.41, 5.74) is 26.1. The Labute approximate surface area is 361 Å². The molecule has 0 fully saturated rings. The van der Waals surface area contributed by atoms with Crippen LogP contribution in [0.25, 0.3) is 16.9 Å². The van der Waals surface area contributed by atoms with Gasteiger partial charge in [-0.3, -0.25) is 0 Å². The minimum atomic E-state index is 1.03. The van der Waals surface area contributed by atoms with Crippen LogP contribution in [0.3, 0.4) is 0 Å². The van der Waals surface area contributed by atoms with Gasteiger partial charge in [0.1, 0.15) is 0 Å². The molecule has 0 aromatic heterocycles. The fourth-order valence-corrected chi connectivity index (χ4v) is 9.31. The van der Waals surface area contributed by atoms with Crippen LogP contribution >= 0.6 is 0 Å². The van der Waals surface area contributed by atoms with Gasteiger partial charge in [0.2, 0.25) is 11.4 Å². The molecule has 0 N–H and O–H groups in total. The molecule has 2 heteroatoms. The Morgan fingerprint density at radius 1 is 0.293 bits per heavy atom. The van der Waals surface area contributed by atoms with Crippen molar-refractivity contribution in [1.82, 2.24) is 0 Å². The molecule has 0 spiro atoms. The number of nitrogens with zero attached hydrogens (tertiary/aromatic N) is 2. The number of hydrogen-bond acceptors (Lipinski definition) is 0. The predicted octanol–water partition coefficient (Wildman–Crippen LogP) is 18.8. The molecule has 1 aliphatic heterocycles. The van der Waals surface area contributed by atoms with Crippen LogP contribution in [0.1, 0.15) is 268 Å². The summed E-state index contributed by atoms with van der Waals surface area (Å²) in [5, 5.41) is 0. The average molecular weight is 793 g/mol. The lowest BCUT2D eigenvalue weighted by Crippen LogP contribution is -2.05. The largest absolute Gasteiger partial charge is 0.493 e. The van der Waals surface area contributed by atoms with E-state index in [0.717, 1.165) is 75.6 Å². The Kier molecular flexibility index (Phi) is 27.0. The van der Waals surface area contributed by atoms with E-state index in [4.69, 9.17) is 0 Å². The molecular weight excluding hydrogens is 701 g/mol. The van der Waals surface area contributed by atoms with Gasteiger partial charge in [0.25, 0.3) is 0 Å². The second kappa shape index (κ2) is 31.4. The molecule has 0 amide bonds. The van der Waals surface area contributed by atoms with Crippen LogP contribution in [-0.2, 0) is 25.7 Å². The summed E-state index contributed by atoms with van der Waals surface area (Å²) in [6, 6.07) is 14.9. The highest BCUT2D eigenvalue weighted by Crippen LogP contribution is 2.45. The Morgan fingerprint density at radius 2 is 0.534 bits per heavy atom. The van der Waals surface area contributed by atoms with Crippen LogP contribution in [0.15, 0.2) is 47.5 Å². The second-order valence-electron chi connectivity index (χ2n) is 18.3. The van der Waals surface area contributed by atoms with Crippen LogP contribution in [0.4, 0.5) is 0 Å². The molecule has 0 unspecified atom stereocenters. The first-order valence-electron chi connectivity index (χ1n) is 25.7. The molecule has 0 aliphatic carbocycles. The third kappa shape index (κ3) is 18.4. The zero-order valence-electron chi connectivity index (χ0n) is 39.4. The molecule has 58 heavy (non-hydrogen) atoms. The molecule has 0 radical (unpaired) electrons. The quantitative estimate of drug-likeness (QED) is 0.0485. The van der Waals surface area contributed by atoms with E-state index in [1.165, 1.54) is 199 Å². The third-order valence-corrected chi connectivity index (χ3v) is 12.8. The van der Waals surface area contributed by atoms with Crippen molar-refractivity contribution >= 4 is 11.4 Å². The zero-order valence-corrected chi connectivity index (χ0v) is 39.4. The van der Waals surface area contributed by atoms with E-state index in [1.807, 2.05) is 0 Å². The molecule has 0 saturated carbocycles. The van der Waals surface area contributed by atoms with E-state index in [2.05, 4.69) is 77.9 Å². The van der Waals surface area contributed by atoms with Gasteiger partial charge in [0.05, 0.1) is 0 Å². The first kappa shape index (κ1) is 49.9. The molecule has 1 heterocycles. The Hall–Kier alpha value is -2.48. The maximum atomic E-state index is 12.8. The van der Waals surface area contributed by atoms with Gasteiger partial charge in [-0.25, -0.2) is 4.70 Å². The number of benzene rings is 2. The Balaban J connectivity index is 2.05. The maximum Gasteiger partial charge on any atom is 0.211 e. The summed E-state index contributed by atoms with van der Waals surface area (Å²) >= 11 is 0. The highest BCUT2D eigenvalue weighted by molar-refractivity contribution is 5.82. The fraction of sp³-hybridized carbons (Fsp3) is 0.714. The monoisotopic (exact) mass is 793 g/mol. The molecule has 0 saturated heterocycles. The van der Waals surface area contributed by atoms with Gasteiger partial charge in [-0.2, -0.15) is 0 Å². The number of allylic oxidation sites excluding steroid dienone is 2. The summed E-state index contributed by atoms with van der Waals surface area (Å²) in [6.45, 7) is 13.9. The van der Waals surface area contributed by atoms with Crippen molar-refractivity contribution in [2.75, 3.05) is 0 Å². The van der Waals surface area contributed by atoms with Gasteiger partial charge in [-0.1, -0.05) is 195 Å². The molecular formula is C56H92N2. The number of unbranched alkanes of at least 4 members (excludes halogenated alkanes) is 22. The van der Waals surface area contributed by atoms with Gasteiger partial charge in [0, 0.05) is 22.3 Å². The van der Waals surface area contributed by atoms with Gasteiger partial charge >= 0.3 is 0 Å². The average Bonchev–Trinajstić information content (AvgIpc) is 3.51. The molecule has 326 valence electrons. The first-order valence-corrected chi connectivity index (χ1v) is 25.7. The summed E-state index contributed by atoms with van der Waals surface area (Å²) < 4.78 is 1.70. The van der Waals surface area contributed by atoms with Crippen LogP contribution in [0, 0.1) is 0 Å². The van der Waals surface area contributed by atoms with E-state index < -0.39 is 0 Å². The number of aryl methyl sites for hydroxylation is 4. The van der Waals surface area contributed by atoms with Crippen molar-refractivity contribution in [2.45, 2.75) is 260 Å². The van der Waals surface area contributed by atoms with Crippen LogP contribution in [-0.4, -0.2) is 4.70 Å². The molecule has 2 aromatic rings.